The van der Waals surface area contributed by atoms with Gasteiger partial charge in [0.2, 0.25) is 5.91 Å². The largest absolute Gasteiger partial charge is 0.352 e. The van der Waals surface area contributed by atoms with Gasteiger partial charge in [-0.1, -0.05) is 42.1 Å². The molecule has 5 heteroatoms. The number of nitrogens with zero attached hydrogens (tertiary/aromatic N) is 1. The number of carbonyl (C=O) groups is 1. The Balaban J connectivity index is 1.79. The van der Waals surface area contributed by atoms with Crippen molar-refractivity contribution in [1.82, 2.24) is 10.3 Å². The Morgan fingerprint density at radius 3 is 2.79 bits per heavy atom. The number of hydrogen-bond donors (Lipinski definition) is 1. The fourth-order valence-electron chi connectivity index (χ4n) is 1.77. The van der Waals surface area contributed by atoms with Crippen LogP contribution in [-0.4, -0.2) is 16.9 Å². The third-order valence-electron chi connectivity index (χ3n) is 2.89. The van der Waals surface area contributed by atoms with Crippen molar-refractivity contribution in [2.45, 2.75) is 28.5 Å². The van der Waals surface area contributed by atoms with Crippen molar-refractivity contribution in [1.29, 1.82) is 0 Å². The van der Waals surface area contributed by atoms with E-state index in [1.165, 1.54) is 11.8 Å². The zero-order chi connectivity index (χ0) is 13.1. The SMILES string of the molecule is O=C(NC1CC1)[C@H](Sc1nccs1)c1ccccc1. The molecule has 1 saturated carbocycles. The summed E-state index contributed by atoms with van der Waals surface area (Å²) in [7, 11) is 0. The number of hydrogen-bond acceptors (Lipinski definition) is 4. The Labute approximate surface area is 120 Å². The maximum atomic E-state index is 12.4. The average Bonchev–Trinajstić information content (AvgIpc) is 3.10. The minimum absolute atomic E-state index is 0.0916. The first-order valence-electron chi connectivity index (χ1n) is 6.24. The highest BCUT2D eigenvalue weighted by Gasteiger charge is 2.29. The molecule has 1 aliphatic rings. The predicted octanol–water partition coefficient (Wildman–Crippen LogP) is 3.26. The molecule has 0 spiro atoms. The lowest BCUT2D eigenvalue weighted by molar-refractivity contribution is -0.120. The van der Waals surface area contributed by atoms with E-state index in [4.69, 9.17) is 0 Å². The van der Waals surface area contributed by atoms with E-state index in [1.807, 2.05) is 35.7 Å². The maximum Gasteiger partial charge on any atom is 0.238 e. The minimum atomic E-state index is -0.215. The number of amides is 1. The zero-order valence-corrected chi connectivity index (χ0v) is 11.9. The monoisotopic (exact) mass is 290 g/mol. The van der Waals surface area contributed by atoms with Crippen molar-refractivity contribution in [3.8, 4) is 0 Å². The van der Waals surface area contributed by atoms with E-state index in [9.17, 15) is 4.79 Å². The van der Waals surface area contributed by atoms with Crippen LogP contribution in [0.5, 0.6) is 0 Å². The van der Waals surface area contributed by atoms with Gasteiger partial charge in [0.1, 0.15) is 5.25 Å². The van der Waals surface area contributed by atoms with Gasteiger partial charge in [0.15, 0.2) is 4.34 Å². The summed E-state index contributed by atoms with van der Waals surface area (Å²) in [4.78, 5) is 16.6. The zero-order valence-electron chi connectivity index (χ0n) is 10.3. The van der Waals surface area contributed by atoms with E-state index in [2.05, 4.69) is 10.3 Å². The summed E-state index contributed by atoms with van der Waals surface area (Å²) < 4.78 is 0.930. The van der Waals surface area contributed by atoms with Crippen LogP contribution < -0.4 is 5.32 Å². The maximum absolute atomic E-state index is 12.4. The van der Waals surface area contributed by atoms with Gasteiger partial charge in [-0.25, -0.2) is 4.98 Å². The van der Waals surface area contributed by atoms with Gasteiger partial charge in [0.25, 0.3) is 0 Å². The van der Waals surface area contributed by atoms with Crippen LogP contribution in [0.1, 0.15) is 23.7 Å². The first-order valence-corrected chi connectivity index (χ1v) is 8.00. The van der Waals surface area contributed by atoms with Gasteiger partial charge in [0, 0.05) is 17.6 Å². The van der Waals surface area contributed by atoms with Gasteiger partial charge >= 0.3 is 0 Å². The summed E-state index contributed by atoms with van der Waals surface area (Å²) >= 11 is 3.09. The van der Waals surface area contributed by atoms with Gasteiger partial charge in [-0.2, -0.15) is 0 Å². The highest BCUT2D eigenvalue weighted by atomic mass is 32.2. The van der Waals surface area contributed by atoms with E-state index in [0.717, 1.165) is 22.7 Å². The van der Waals surface area contributed by atoms with Crippen LogP contribution in [0.25, 0.3) is 0 Å². The lowest BCUT2D eigenvalue weighted by Gasteiger charge is -2.15. The summed E-state index contributed by atoms with van der Waals surface area (Å²) in [5.74, 6) is 0.0916. The van der Waals surface area contributed by atoms with E-state index in [0.29, 0.717) is 6.04 Å². The van der Waals surface area contributed by atoms with Crippen LogP contribution in [0, 0.1) is 0 Å². The molecule has 1 aromatic carbocycles. The first kappa shape index (κ1) is 12.7. The number of nitrogens with one attached hydrogen (secondary N) is 1. The molecule has 3 nitrogen and oxygen atoms in total. The number of aromatic nitrogens is 1. The molecule has 0 radical (unpaired) electrons. The highest BCUT2D eigenvalue weighted by molar-refractivity contribution is 8.01. The Morgan fingerprint density at radius 2 is 2.16 bits per heavy atom. The minimum Gasteiger partial charge on any atom is -0.352 e. The molecule has 98 valence electrons. The van der Waals surface area contributed by atoms with Crippen LogP contribution in [0.4, 0.5) is 0 Å². The van der Waals surface area contributed by atoms with Gasteiger partial charge in [-0.3, -0.25) is 4.79 Å². The molecule has 0 unspecified atom stereocenters. The van der Waals surface area contributed by atoms with Crippen molar-refractivity contribution in [3.63, 3.8) is 0 Å². The van der Waals surface area contributed by atoms with Crippen LogP contribution in [-0.2, 0) is 4.79 Å². The normalized spacial score (nSPS) is 16.0. The van der Waals surface area contributed by atoms with Crippen LogP contribution >= 0.6 is 23.1 Å². The quantitative estimate of drug-likeness (QED) is 0.859. The van der Waals surface area contributed by atoms with Crippen molar-refractivity contribution in [2.75, 3.05) is 0 Å². The van der Waals surface area contributed by atoms with Gasteiger partial charge < -0.3 is 5.32 Å². The fourth-order valence-corrected chi connectivity index (χ4v) is 3.60. The summed E-state index contributed by atoms with van der Waals surface area (Å²) in [5.41, 5.74) is 1.03. The number of thioether (sulfide) groups is 1. The standard InChI is InChI=1S/C14H14N2OS2/c17-13(16-11-6-7-11)12(10-4-2-1-3-5-10)19-14-15-8-9-18-14/h1-5,8-9,11-12H,6-7H2,(H,16,17)/t12-/m1/s1. The molecule has 1 amide bonds. The molecule has 0 aliphatic heterocycles. The molecule has 1 heterocycles. The third-order valence-corrected chi connectivity index (χ3v) is 5.06. The molecule has 0 saturated heterocycles. The second kappa shape index (κ2) is 5.75. The number of thiazole rings is 1. The number of rotatable bonds is 5. The Bertz CT molecular complexity index is 538. The summed E-state index contributed by atoms with van der Waals surface area (Å²) in [6.07, 6.45) is 3.98. The molecule has 1 N–H and O–H groups in total. The van der Waals surface area contributed by atoms with Gasteiger partial charge in [0.05, 0.1) is 0 Å². The van der Waals surface area contributed by atoms with Crippen molar-refractivity contribution in [3.05, 3.63) is 47.5 Å². The average molecular weight is 290 g/mol. The van der Waals surface area contributed by atoms with Crippen molar-refractivity contribution >= 4 is 29.0 Å². The van der Waals surface area contributed by atoms with Crippen LogP contribution in [0.3, 0.4) is 0 Å². The molecule has 1 fully saturated rings. The molecule has 1 aliphatic carbocycles. The Hall–Kier alpha value is -1.33. The number of benzene rings is 1. The van der Waals surface area contributed by atoms with Gasteiger partial charge in [-0.15, -0.1) is 11.3 Å². The lowest BCUT2D eigenvalue weighted by Crippen LogP contribution is -2.29. The molecule has 0 bridgehead atoms. The fraction of sp³-hybridized carbons (Fsp3) is 0.286. The highest BCUT2D eigenvalue weighted by Crippen LogP contribution is 2.37. The van der Waals surface area contributed by atoms with E-state index in [-0.39, 0.29) is 11.2 Å². The van der Waals surface area contributed by atoms with Crippen molar-refractivity contribution in [2.24, 2.45) is 0 Å². The summed E-state index contributed by atoms with van der Waals surface area (Å²) in [5, 5.41) is 4.80. The first-order chi connectivity index (χ1) is 9.33. The topological polar surface area (TPSA) is 42.0 Å². The van der Waals surface area contributed by atoms with Gasteiger partial charge in [-0.05, 0) is 18.4 Å². The van der Waals surface area contributed by atoms with Crippen LogP contribution in [0.2, 0.25) is 0 Å². The van der Waals surface area contributed by atoms with E-state index < -0.39 is 0 Å². The second-order valence-electron chi connectivity index (χ2n) is 4.49. The second-order valence-corrected chi connectivity index (χ2v) is 6.74. The Kier molecular flexibility index (Phi) is 3.84. The van der Waals surface area contributed by atoms with E-state index >= 15 is 0 Å². The molecule has 19 heavy (non-hydrogen) atoms. The molecular formula is C14H14N2OS2. The van der Waals surface area contributed by atoms with Crippen LogP contribution in [0.15, 0.2) is 46.2 Å². The third kappa shape index (κ3) is 3.36. The molecular weight excluding hydrogens is 276 g/mol. The van der Waals surface area contributed by atoms with E-state index in [1.54, 1.807) is 17.5 Å². The molecule has 1 atom stereocenters. The summed E-state index contributed by atoms with van der Waals surface area (Å²) in [6.45, 7) is 0. The number of carbonyl (C=O) groups excluding carboxylic acids is 1. The lowest BCUT2D eigenvalue weighted by atomic mass is 10.1. The molecule has 2 aromatic rings. The molecule has 1 aromatic heterocycles. The summed E-state index contributed by atoms with van der Waals surface area (Å²) in [6, 6.07) is 10.3. The smallest absolute Gasteiger partial charge is 0.238 e. The Morgan fingerprint density at radius 1 is 1.37 bits per heavy atom. The predicted molar refractivity (Wildman–Crippen MR) is 78.3 cm³/mol. The molecule has 3 rings (SSSR count). The van der Waals surface area contributed by atoms with Crippen molar-refractivity contribution < 1.29 is 4.79 Å².